The number of benzene rings is 3. The summed E-state index contributed by atoms with van der Waals surface area (Å²) in [6.07, 6.45) is 15.6. The van der Waals surface area contributed by atoms with Gasteiger partial charge < -0.3 is 14.7 Å². The Morgan fingerprint density at radius 3 is 1.81 bits per heavy atom. The highest BCUT2D eigenvalue weighted by atomic mass is 16.5. The van der Waals surface area contributed by atoms with Crippen LogP contribution in [0.5, 0.6) is 11.5 Å². The first-order valence-electron chi connectivity index (χ1n) is 18.2. The third-order valence-electron chi connectivity index (χ3n) is 10.1. The first kappa shape index (κ1) is 35.2. The van der Waals surface area contributed by atoms with Crippen LogP contribution in [0.2, 0.25) is 0 Å². The number of allylic oxidation sites excluding steroid dienone is 1. The van der Waals surface area contributed by atoms with Crippen LogP contribution in [0.3, 0.4) is 0 Å². The summed E-state index contributed by atoms with van der Waals surface area (Å²) >= 11 is 0. The van der Waals surface area contributed by atoms with Crippen molar-refractivity contribution in [1.82, 2.24) is 0 Å². The van der Waals surface area contributed by atoms with Gasteiger partial charge in [0.05, 0.1) is 11.7 Å². The van der Waals surface area contributed by atoms with Crippen molar-refractivity contribution in [3.63, 3.8) is 0 Å². The fraction of sp³-hybridized carbons (Fsp3) is 0.442. The fourth-order valence-corrected chi connectivity index (χ4v) is 6.88. The number of ether oxygens (including phenoxy) is 1. The van der Waals surface area contributed by atoms with E-state index in [0.29, 0.717) is 0 Å². The Morgan fingerprint density at radius 2 is 1.25 bits per heavy atom. The molecule has 1 atom stereocenters. The van der Waals surface area contributed by atoms with Crippen LogP contribution in [-0.2, 0) is 5.41 Å². The van der Waals surface area contributed by atoms with E-state index in [1.807, 2.05) is 12.1 Å². The van der Waals surface area contributed by atoms with Crippen molar-refractivity contribution in [3.05, 3.63) is 104 Å². The van der Waals surface area contributed by atoms with E-state index in [-0.39, 0.29) is 11.7 Å². The van der Waals surface area contributed by atoms with E-state index in [1.54, 1.807) is 6.08 Å². The van der Waals surface area contributed by atoms with Gasteiger partial charge in [-0.25, -0.2) is 0 Å². The molecular weight excluding hydrogens is 594 g/mol. The number of unbranched alkanes of at least 4 members (excludes halogenated alkanes) is 9. The summed E-state index contributed by atoms with van der Waals surface area (Å²) in [5, 5.41) is 10.2. The largest absolute Gasteiger partial charge is 0.504 e. The molecule has 0 saturated heterocycles. The Balaban J connectivity index is 1.33. The zero-order valence-corrected chi connectivity index (χ0v) is 29.6. The summed E-state index contributed by atoms with van der Waals surface area (Å²) in [5.41, 5.74) is 6.11. The van der Waals surface area contributed by atoms with Gasteiger partial charge in [0.2, 0.25) is 5.43 Å². The minimum absolute atomic E-state index is 0.124. The lowest BCUT2D eigenvalue weighted by Crippen LogP contribution is -2.34. The monoisotopic (exact) mass is 647 g/mol. The molecule has 254 valence electrons. The van der Waals surface area contributed by atoms with E-state index in [9.17, 15) is 14.7 Å². The molecule has 0 radical (unpaired) electrons. The summed E-state index contributed by atoms with van der Waals surface area (Å²) < 4.78 is 5.95. The lowest BCUT2D eigenvalue weighted by atomic mass is 9.82. The van der Waals surface area contributed by atoms with Crippen LogP contribution in [-0.4, -0.2) is 17.8 Å². The molecule has 4 aromatic carbocycles. The van der Waals surface area contributed by atoms with E-state index >= 15 is 0 Å². The van der Waals surface area contributed by atoms with Crippen LogP contribution >= 0.6 is 0 Å². The van der Waals surface area contributed by atoms with Gasteiger partial charge in [0, 0.05) is 23.3 Å². The molecule has 1 aliphatic heterocycles. The second kappa shape index (κ2) is 15.9. The SMILES string of the molecule is CCCCCCCCCCCCN1C(=Cc2c(O)c(=O)c2=O)C(C)(C)c2cc(-c3ccc(-c4ccc(OC(C)CC)cc4)cc3)ccc21. The molecule has 0 amide bonds. The van der Waals surface area contributed by atoms with Crippen molar-refractivity contribution in [1.29, 1.82) is 0 Å². The molecule has 0 aliphatic carbocycles. The molecule has 5 rings (SSSR count). The average Bonchev–Trinajstić information content (AvgIpc) is 3.32. The van der Waals surface area contributed by atoms with Crippen molar-refractivity contribution in [2.24, 2.45) is 0 Å². The number of nitrogens with zero attached hydrogens (tertiary/aromatic N) is 1. The lowest BCUT2D eigenvalue weighted by molar-refractivity contribution is 0.217. The van der Waals surface area contributed by atoms with Crippen LogP contribution in [0, 0.1) is 0 Å². The van der Waals surface area contributed by atoms with E-state index < -0.39 is 22.0 Å². The maximum Gasteiger partial charge on any atom is 0.268 e. The van der Waals surface area contributed by atoms with Crippen LogP contribution in [0.1, 0.15) is 116 Å². The molecule has 5 nitrogen and oxygen atoms in total. The van der Waals surface area contributed by atoms with Crippen molar-refractivity contribution in [2.75, 3.05) is 11.4 Å². The van der Waals surface area contributed by atoms with Crippen molar-refractivity contribution in [3.8, 4) is 33.8 Å². The zero-order chi connectivity index (χ0) is 34.3. The number of hydrogen-bond donors (Lipinski definition) is 1. The molecule has 48 heavy (non-hydrogen) atoms. The van der Waals surface area contributed by atoms with Crippen LogP contribution < -0.4 is 20.5 Å². The molecule has 1 N–H and O–H groups in total. The molecule has 4 aromatic rings. The summed E-state index contributed by atoms with van der Waals surface area (Å²) in [6.45, 7) is 11.6. The van der Waals surface area contributed by atoms with Crippen molar-refractivity contribution >= 4 is 11.8 Å². The Morgan fingerprint density at radius 1 is 0.729 bits per heavy atom. The van der Waals surface area contributed by atoms with Crippen LogP contribution in [0.25, 0.3) is 28.3 Å². The van der Waals surface area contributed by atoms with Gasteiger partial charge >= 0.3 is 0 Å². The minimum Gasteiger partial charge on any atom is -0.504 e. The molecule has 0 fully saturated rings. The molecule has 0 bridgehead atoms. The predicted molar refractivity (Wildman–Crippen MR) is 201 cm³/mol. The third kappa shape index (κ3) is 7.77. The highest BCUT2D eigenvalue weighted by molar-refractivity contribution is 5.81. The Kier molecular flexibility index (Phi) is 11.6. The van der Waals surface area contributed by atoms with Crippen molar-refractivity contribution in [2.45, 2.75) is 117 Å². The lowest BCUT2D eigenvalue weighted by Gasteiger charge is -2.27. The maximum absolute atomic E-state index is 12.4. The van der Waals surface area contributed by atoms with Gasteiger partial charge in [0.1, 0.15) is 5.75 Å². The Labute approximate surface area is 287 Å². The van der Waals surface area contributed by atoms with E-state index in [1.165, 1.54) is 56.9 Å². The molecule has 0 spiro atoms. The van der Waals surface area contributed by atoms with Gasteiger partial charge in [-0.15, -0.1) is 0 Å². The quantitative estimate of drug-likeness (QED) is 0.0912. The molecule has 0 aromatic heterocycles. The standard InChI is InChI=1S/C43H53NO4/c1-6-8-9-10-11-12-13-14-15-16-27-44-38-26-23-34(28-37(38)43(4,5)39(44)29-36-40(45)42(47)41(36)46)33-19-17-31(18-20-33)32-21-24-35(25-22-32)48-30(3)7-2/h17-26,28-30,45H,6-16,27H2,1-5H3. The predicted octanol–water partition coefficient (Wildman–Crippen LogP) is 10.6. The summed E-state index contributed by atoms with van der Waals surface area (Å²) in [4.78, 5) is 26.6. The smallest absolute Gasteiger partial charge is 0.268 e. The Bertz CT molecular complexity index is 1760. The number of anilines is 1. The van der Waals surface area contributed by atoms with Crippen LogP contribution in [0.15, 0.2) is 82.0 Å². The molecule has 0 saturated carbocycles. The van der Waals surface area contributed by atoms with Gasteiger partial charge in [-0.3, -0.25) is 9.59 Å². The second-order valence-electron chi connectivity index (χ2n) is 14.1. The number of aromatic hydroxyl groups is 1. The van der Waals surface area contributed by atoms with Gasteiger partial charge in [-0.2, -0.15) is 0 Å². The summed E-state index contributed by atoms with van der Waals surface area (Å²) in [6, 6.07) is 23.6. The zero-order valence-electron chi connectivity index (χ0n) is 29.6. The fourth-order valence-electron chi connectivity index (χ4n) is 6.88. The van der Waals surface area contributed by atoms with E-state index in [2.05, 4.69) is 94.1 Å². The second-order valence-corrected chi connectivity index (χ2v) is 14.1. The highest BCUT2D eigenvalue weighted by Crippen LogP contribution is 2.50. The third-order valence-corrected chi connectivity index (χ3v) is 10.1. The summed E-state index contributed by atoms with van der Waals surface area (Å²) in [7, 11) is 0. The van der Waals surface area contributed by atoms with Gasteiger partial charge in [-0.1, -0.05) is 128 Å². The topological polar surface area (TPSA) is 66.8 Å². The minimum atomic E-state index is -0.794. The molecular formula is C43H53NO4. The van der Waals surface area contributed by atoms with Gasteiger partial charge in [0.15, 0.2) is 5.75 Å². The van der Waals surface area contributed by atoms with Crippen LogP contribution in [0.4, 0.5) is 5.69 Å². The average molecular weight is 648 g/mol. The van der Waals surface area contributed by atoms with Crippen molar-refractivity contribution < 1.29 is 9.84 Å². The van der Waals surface area contributed by atoms with E-state index in [0.717, 1.165) is 65.2 Å². The van der Waals surface area contributed by atoms with Gasteiger partial charge in [0.25, 0.3) is 5.43 Å². The maximum atomic E-state index is 12.4. The first-order chi connectivity index (χ1) is 23.1. The number of rotatable bonds is 17. The molecule has 1 unspecified atom stereocenters. The molecule has 1 aliphatic rings. The summed E-state index contributed by atoms with van der Waals surface area (Å²) in [5.74, 6) is 0.470. The number of hydrogen-bond acceptors (Lipinski definition) is 5. The van der Waals surface area contributed by atoms with Gasteiger partial charge in [-0.05, 0) is 77.9 Å². The molecule has 5 heteroatoms. The number of fused-ring (bicyclic) bond motifs is 1. The Hall–Kier alpha value is -4.12. The molecule has 1 heterocycles. The highest BCUT2D eigenvalue weighted by Gasteiger charge is 2.41. The first-order valence-corrected chi connectivity index (χ1v) is 18.2. The normalized spacial score (nSPS) is 15.3. The van der Waals surface area contributed by atoms with E-state index in [4.69, 9.17) is 4.74 Å².